The Hall–Kier alpha value is -3.62. The van der Waals surface area contributed by atoms with Crippen LogP contribution in [0.3, 0.4) is 0 Å². The molecule has 0 unspecified atom stereocenters. The molecule has 0 radical (unpaired) electrons. The third-order valence-corrected chi connectivity index (χ3v) is 5.32. The average molecular weight is 438 g/mol. The van der Waals surface area contributed by atoms with Crippen LogP contribution in [-0.2, 0) is 22.5 Å². The molecule has 2 N–H and O–H groups in total. The number of carbonyl (C=O) groups excluding carboxylic acids is 3. The number of ether oxygens (including phenoxy) is 1. The summed E-state index contributed by atoms with van der Waals surface area (Å²) in [7, 11) is 1.53. The minimum Gasteiger partial charge on any atom is -0.459 e. The maximum absolute atomic E-state index is 13.1. The Morgan fingerprint density at radius 2 is 1.97 bits per heavy atom. The molecule has 3 aromatic rings. The van der Waals surface area contributed by atoms with Crippen LogP contribution in [0.15, 0.2) is 30.3 Å². The molecular weight excluding hydrogens is 410 g/mol. The standard InChI is InChI=1S/C23H27N5O4/c1-23(2,3)32-19(29)13-27(4)22(31)20-15-12-28(10-9-17(15)25-26-20)21(30)18-11-14-7-5-6-8-16(14)24-18/h5-8,11,24H,9-10,12-13H2,1-4H3,(H,25,26). The SMILES string of the molecule is CN(CC(=O)OC(C)(C)C)C(=O)c1n[nH]c2c1CN(C(=O)c1cc3ccccc3[nH]1)CC2. The van der Waals surface area contributed by atoms with E-state index in [0.717, 1.165) is 16.6 Å². The summed E-state index contributed by atoms with van der Waals surface area (Å²) in [5.74, 6) is -1.02. The van der Waals surface area contributed by atoms with Crippen LogP contribution >= 0.6 is 0 Å². The van der Waals surface area contributed by atoms with Gasteiger partial charge >= 0.3 is 5.97 Å². The molecule has 0 aliphatic carbocycles. The zero-order valence-corrected chi connectivity index (χ0v) is 18.7. The van der Waals surface area contributed by atoms with E-state index in [1.807, 2.05) is 30.3 Å². The number of hydrogen-bond donors (Lipinski definition) is 2. The number of para-hydroxylation sites is 1. The summed E-state index contributed by atoms with van der Waals surface area (Å²) in [6.07, 6.45) is 0.567. The van der Waals surface area contributed by atoms with Crippen LogP contribution in [-0.4, -0.2) is 68.5 Å². The van der Waals surface area contributed by atoms with Gasteiger partial charge in [0.05, 0.1) is 6.54 Å². The van der Waals surface area contributed by atoms with Crippen LogP contribution in [0.25, 0.3) is 10.9 Å². The molecular formula is C23H27N5O4. The van der Waals surface area contributed by atoms with Gasteiger partial charge in [0.2, 0.25) is 0 Å². The highest BCUT2D eigenvalue weighted by atomic mass is 16.6. The Kier molecular flexibility index (Phi) is 5.50. The number of rotatable bonds is 4. The largest absolute Gasteiger partial charge is 0.459 e. The van der Waals surface area contributed by atoms with Gasteiger partial charge in [0.1, 0.15) is 17.8 Å². The highest BCUT2D eigenvalue weighted by Crippen LogP contribution is 2.24. The third kappa shape index (κ3) is 4.37. The van der Waals surface area contributed by atoms with Crippen molar-refractivity contribution in [3.63, 3.8) is 0 Å². The van der Waals surface area contributed by atoms with Gasteiger partial charge in [-0.15, -0.1) is 0 Å². The maximum atomic E-state index is 13.1. The van der Waals surface area contributed by atoms with Gasteiger partial charge in [0.15, 0.2) is 5.69 Å². The first-order valence-corrected chi connectivity index (χ1v) is 10.5. The van der Waals surface area contributed by atoms with E-state index in [1.165, 1.54) is 11.9 Å². The van der Waals surface area contributed by atoms with Crippen molar-refractivity contribution in [1.29, 1.82) is 0 Å². The molecule has 0 saturated carbocycles. The van der Waals surface area contributed by atoms with Crippen LogP contribution < -0.4 is 0 Å². The van der Waals surface area contributed by atoms with E-state index < -0.39 is 17.5 Å². The Labute approximate surface area is 185 Å². The maximum Gasteiger partial charge on any atom is 0.326 e. The van der Waals surface area contributed by atoms with Gasteiger partial charge in [-0.05, 0) is 32.9 Å². The highest BCUT2D eigenvalue weighted by molar-refractivity contribution is 5.99. The van der Waals surface area contributed by atoms with Crippen LogP contribution in [0.1, 0.15) is 53.0 Å². The van der Waals surface area contributed by atoms with Crippen molar-refractivity contribution in [2.75, 3.05) is 20.1 Å². The predicted molar refractivity (Wildman–Crippen MR) is 118 cm³/mol. The molecule has 0 fully saturated rings. The fraction of sp³-hybridized carbons (Fsp3) is 0.391. The summed E-state index contributed by atoms with van der Waals surface area (Å²) in [6.45, 7) is 5.92. The van der Waals surface area contributed by atoms with E-state index in [-0.39, 0.29) is 24.7 Å². The lowest BCUT2D eigenvalue weighted by Crippen LogP contribution is -2.38. The fourth-order valence-electron chi connectivity index (χ4n) is 3.82. The van der Waals surface area contributed by atoms with Gasteiger partial charge in [-0.25, -0.2) is 0 Å². The second kappa shape index (κ2) is 8.14. The molecule has 0 bridgehead atoms. The molecule has 32 heavy (non-hydrogen) atoms. The Balaban J connectivity index is 1.49. The molecule has 2 amide bonds. The number of amides is 2. The fourth-order valence-corrected chi connectivity index (χ4v) is 3.82. The second-order valence-corrected chi connectivity index (χ2v) is 9.02. The van der Waals surface area contributed by atoms with E-state index in [9.17, 15) is 14.4 Å². The number of hydrogen-bond acceptors (Lipinski definition) is 5. The number of esters is 1. The first-order valence-electron chi connectivity index (χ1n) is 10.5. The van der Waals surface area contributed by atoms with Crippen molar-refractivity contribution in [2.24, 2.45) is 0 Å². The van der Waals surface area contributed by atoms with Crippen LogP contribution in [0.5, 0.6) is 0 Å². The van der Waals surface area contributed by atoms with E-state index in [2.05, 4.69) is 15.2 Å². The average Bonchev–Trinajstić information content (AvgIpc) is 3.34. The number of carbonyl (C=O) groups is 3. The van der Waals surface area contributed by atoms with Gasteiger partial charge in [-0.3, -0.25) is 19.5 Å². The molecule has 0 spiro atoms. The molecule has 2 aromatic heterocycles. The number of nitrogens with zero attached hydrogens (tertiary/aromatic N) is 3. The van der Waals surface area contributed by atoms with Crippen molar-refractivity contribution in [2.45, 2.75) is 39.3 Å². The molecule has 3 heterocycles. The number of nitrogens with one attached hydrogen (secondary N) is 2. The number of aromatic nitrogens is 3. The molecule has 1 aliphatic heterocycles. The normalized spacial score (nSPS) is 13.7. The summed E-state index contributed by atoms with van der Waals surface area (Å²) in [5.41, 5.74) is 2.52. The van der Waals surface area contributed by atoms with E-state index >= 15 is 0 Å². The molecule has 1 aliphatic rings. The lowest BCUT2D eigenvalue weighted by molar-refractivity contribution is -0.155. The summed E-state index contributed by atoms with van der Waals surface area (Å²) in [5, 5.41) is 8.07. The minimum absolute atomic E-state index is 0.131. The van der Waals surface area contributed by atoms with E-state index in [4.69, 9.17) is 4.74 Å². The van der Waals surface area contributed by atoms with Crippen LogP contribution in [0, 0.1) is 0 Å². The monoisotopic (exact) mass is 437 g/mol. The quantitative estimate of drug-likeness (QED) is 0.609. The lowest BCUT2D eigenvalue weighted by Gasteiger charge is -2.27. The van der Waals surface area contributed by atoms with Gasteiger partial charge in [0, 0.05) is 42.2 Å². The molecule has 9 nitrogen and oxygen atoms in total. The smallest absolute Gasteiger partial charge is 0.326 e. The number of likely N-dealkylation sites (N-methyl/N-ethyl adjacent to an activating group) is 1. The Morgan fingerprint density at radius 3 is 2.69 bits per heavy atom. The van der Waals surface area contributed by atoms with Crippen molar-refractivity contribution < 1.29 is 19.1 Å². The van der Waals surface area contributed by atoms with Gasteiger partial charge < -0.3 is 19.5 Å². The molecule has 168 valence electrons. The highest BCUT2D eigenvalue weighted by Gasteiger charge is 2.31. The number of H-pyrrole nitrogens is 2. The van der Waals surface area contributed by atoms with Crippen molar-refractivity contribution in [3.8, 4) is 0 Å². The molecule has 0 atom stereocenters. The first-order chi connectivity index (χ1) is 15.1. The molecule has 4 rings (SSSR count). The third-order valence-electron chi connectivity index (χ3n) is 5.32. The Bertz CT molecular complexity index is 1150. The Morgan fingerprint density at radius 1 is 1.22 bits per heavy atom. The van der Waals surface area contributed by atoms with Crippen LogP contribution in [0.2, 0.25) is 0 Å². The van der Waals surface area contributed by atoms with E-state index in [1.54, 1.807) is 25.7 Å². The summed E-state index contributed by atoms with van der Waals surface area (Å²) < 4.78 is 5.29. The van der Waals surface area contributed by atoms with Gasteiger partial charge in [-0.2, -0.15) is 5.10 Å². The number of aromatic amines is 2. The summed E-state index contributed by atoms with van der Waals surface area (Å²) in [6, 6.07) is 9.55. The van der Waals surface area contributed by atoms with Crippen LogP contribution in [0.4, 0.5) is 0 Å². The minimum atomic E-state index is -0.629. The van der Waals surface area contributed by atoms with Crippen molar-refractivity contribution in [3.05, 3.63) is 53.0 Å². The topological polar surface area (TPSA) is 111 Å². The summed E-state index contributed by atoms with van der Waals surface area (Å²) in [4.78, 5) is 44.3. The molecule has 9 heteroatoms. The summed E-state index contributed by atoms with van der Waals surface area (Å²) >= 11 is 0. The predicted octanol–water partition coefficient (Wildman–Crippen LogP) is 2.50. The van der Waals surface area contributed by atoms with E-state index in [0.29, 0.717) is 24.2 Å². The zero-order chi connectivity index (χ0) is 23.0. The molecule has 0 saturated heterocycles. The van der Waals surface area contributed by atoms with Crippen molar-refractivity contribution in [1.82, 2.24) is 25.0 Å². The van der Waals surface area contributed by atoms with Gasteiger partial charge in [0.25, 0.3) is 11.8 Å². The lowest BCUT2D eigenvalue weighted by atomic mass is 10.0. The van der Waals surface area contributed by atoms with Crippen molar-refractivity contribution >= 4 is 28.7 Å². The van der Waals surface area contributed by atoms with Gasteiger partial charge in [-0.1, -0.05) is 18.2 Å². The number of benzene rings is 1. The molecule has 1 aromatic carbocycles. The second-order valence-electron chi connectivity index (χ2n) is 9.02. The first kappa shape index (κ1) is 21.6. The zero-order valence-electron chi connectivity index (χ0n) is 18.7. The number of fused-ring (bicyclic) bond motifs is 2.